The van der Waals surface area contributed by atoms with Crippen molar-refractivity contribution >= 4 is 5.91 Å². The Hall–Kier alpha value is -2.28. The minimum atomic E-state index is -0.437. The summed E-state index contributed by atoms with van der Waals surface area (Å²) in [5.41, 5.74) is 1.08. The highest BCUT2D eigenvalue weighted by molar-refractivity contribution is 5.80. The van der Waals surface area contributed by atoms with Gasteiger partial charge in [-0.25, -0.2) is 4.68 Å². The van der Waals surface area contributed by atoms with Gasteiger partial charge in [-0.3, -0.25) is 9.69 Å². The second-order valence-corrected chi connectivity index (χ2v) is 6.33. The van der Waals surface area contributed by atoms with Crippen LogP contribution in [0.4, 0.5) is 0 Å². The van der Waals surface area contributed by atoms with Crippen LogP contribution < -0.4 is 5.32 Å². The number of amides is 1. The van der Waals surface area contributed by atoms with E-state index in [1.54, 1.807) is 0 Å². The zero-order chi connectivity index (χ0) is 16.8. The standard InChI is InChI=1S/C17H24N6O/c1-14(22-9-5-6-10-22)12-18-17(24)16(23-13-19-20-21-23)11-15-7-3-2-4-8-15/h2-4,7-8,13-14,16H,5-6,9-12H2,1H3,(H,18,24)/t14-,16-/m0/s1. The zero-order valence-electron chi connectivity index (χ0n) is 14.0. The van der Waals surface area contributed by atoms with Crippen LogP contribution in [0.15, 0.2) is 36.7 Å². The van der Waals surface area contributed by atoms with E-state index in [1.807, 2.05) is 30.3 Å². The summed E-state index contributed by atoms with van der Waals surface area (Å²) in [7, 11) is 0. The molecule has 1 aliphatic heterocycles. The van der Waals surface area contributed by atoms with Gasteiger partial charge in [-0.05, 0) is 48.8 Å². The average molecular weight is 328 g/mol. The Kier molecular flexibility index (Phi) is 5.53. The van der Waals surface area contributed by atoms with Crippen molar-refractivity contribution in [1.82, 2.24) is 30.4 Å². The van der Waals surface area contributed by atoms with Crippen LogP contribution in [-0.4, -0.2) is 56.7 Å². The third-order valence-electron chi connectivity index (χ3n) is 4.59. The van der Waals surface area contributed by atoms with Gasteiger partial charge in [-0.1, -0.05) is 30.3 Å². The third-order valence-corrected chi connectivity index (χ3v) is 4.59. The van der Waals surface area contributed by atoms with E-state index in [2.05, 4.69) is 32.7 Å². The Bertz CT molecular complexity index is 624. The number of nitrogens with one attached hydrogen (secondary N) is 1. The van der Waals surface area contributed by atoms with Crippen LogP contribution in [0.5, 0.6) is 0 Å². The van der Waals surface area contributed by atoms with Gasteiger partial charge in [0.2, 0.25) is 5.91 Å². The van der Waals surface area contributed by atoms with E-state index in [1.165, 1.54) is 23.9 Å². The lowest BCUT2D eigenvalue weighted by atomic mass is 10.1. The molecule has 0 bridgehead atoms. The predicted octanol–water partition coefficient (Wildman–Crippen LogP) is 1.06. The quantitative estimate of drug-likeness (QED) is 0.822. The molecule has 1 aliphatic rings. The molecule has 0 aliphatic carbocycles. The van der Waals surface area contributed by atoms with Crippen molar-refractivity contribution in [2.24, 2.45) is 0 Å². The van der Waals surface area contributed by atoms with Gasteiger partial charge in [0.15, 0.2) is 0 Å². The highest BCUT2D eigenvalue weighted by atomic mass is 16.2. The van der Waals surface area contributed by atoms with E-state index in [-0.39, 0.29) is 5.91 Å². The number of hydrogen-bond acceptors (Lipinski definition) is 5. The number of tetrazole rings is 1. The molecular weight excluding hydrogens is 304 g/mol. The van der Waals surface area contributed by atoms with Crippen LogP contribution in [0.2, 0.25) is 0 Å². The lowest BCUT2D eigenvalue weighted by molar-refractivity contribution is -0.124. The Balaban J connectivity index is 1.63. The minimum absolute atomic E-state index is 0.0443. The van der Waals surface area contributed by atoms with E-state index in [9.17, 15) is 4.79 Å². The maximum Gasteiger partial charge on any atom is 0.245 e. The molecule has 1 saturated heterocycles. The second-order valence-electron chi connectivity index (χ2n) is 6.33. The minimum Gasteiger partial charge on any atom is -0.353 e. The molecule has 7 heteroatoms. The molecule has 0 saturated carbocycles. The smallest absolute Gasteiger partial charge is 0.245 e. The largest absolute Gasteiger partial charge is 0.353 e. The molecule has 1 amide bonds. The first-order valence-corrected chi connectivity index (χ1v) is 8.52. The first kappa shape index (κ1) is 16.6. The summed E-state index contributed by atoms with van der Waals surface area (Å²) in [5, 5.41) is 14.3. The Labute approximate surface area is 142 Å². The normalized spacial score (nSPS) is 17.5. The third kappa shape index (κ3) is 4.17. The molecule has 24 heavy (non-hydrogen) atoms. The van der Waals surface area contributed by atoms with Crippen molar-refractivity contribution in [3.05, 3.63) is 42.2 Å². The van der Waals surface area contributed by atoms with Gasteiger partial charge in [0.25, 0.3) is 0 Å². The summed E-state index contributed by atoms with van der Waals surface area (Å²) >= 11 is 0. The Morgan fingerprint density at radius 3 is 2.67 bits per heavy atom. The summed E-state index contributed by atoms with van der Waals surface area (Å²) in [6.45, 7) is 5.05. The monoisotopic (exact) mass is 328 g/mol. The maximum atomic E-state index is 12.7. The first-order valence-electron chi connectivity index (χ1n) is 8.52. The van der Waals surface area contributed by atoms with Crippen molar-refractivity contribution in [3.8, 4) is 0 Å². The van der Waals surface area contributed by atoms with E-state index in [0.717, 1.165) is 18.7 Å². The van der Waals surface area contributed by atoms with Gasteiger partial charge in [-0.2, -0.15) is 0 Å². The van der Waals surface area contributed by atoms with Gasteiger partial charge in [0, 0.05) is 19.0 Å². The predicted molar refractivity (Wildman–Crippen MR) is 90.3 cm³/mol. The highest BCUT2D eigenvalue weighted by Crippen LogP contribution is 2.14. The molecular formula is C17H24N6O. The van der Waals surface area contributed by atoms with E-state index in [4.69, 9.17) is 0 Å². The van der Waals surface area contributed by atoms with E-state index >= 15 is 0 Å². The molecule has 0 spiro atoms. The van der Waals surface area contributed by atoms with Gasteiger partial charge in [0.1, 0.15) is 12.4 Å². The van der Waals surface area contributed by atoms with Crippen molar-refractivity contribution in [3.63, 3.8) is 0 Å². The number of hydrogen-bond donors (Lipinski definition) is 1. The fraction of sp³-hybridized carbons (Fsp3) is 0.529. The molecule has 1 fully saturated rings. The SMILES string of the molecule is C[C@@H](CNC(=O)[C@H](Cc1ccccc1)n1cnnn1)N1CCCC1. The molecule has 0 radical (unpaired) electrons. The summed E-state index contributed by atoms with van der Waals surface area (Å²) in [6, 6.07) is 9.84. The van der Waals surface area contributed by atoms with Crippen molar-refractivity contribution < 1.29 is 4.79 Å². The Morgan fingerprint density at radius 1 is 1.25 bits per heavy atom. The summed E-state index contributed by atoms with van der Waals surface area (Å²) in [5.74, 6) is -0.0443. The van der Waals surface area contributed by atoms with Gasteiger partial charge >= 0.3 is 0 Å². The Morgan fingerprint density at radius 2 is 2.00 bits per heavy atom. The van der Waals surface area contributed by atoms with E-state index in [0.29, 0.717) is 19.0 Å². The summed E-state index contributed by atoms with van der Waals surface area (Å²) in [6.07, 6.45) is 4.56. The molecule has 128 valence electrons. The second kappa shape index (κ2) is 8.01. The maximum absolute atomic E-state index is 12.7. The fourth-order valence-corrected chi connectivity index (χ4v) is 3.13. The topological polar surface area (TPSA) is 75.9 Å². The molecule has 7 nitrogen and oxygen atoms in total. The number of carbonyl (C=O) groups excluding carboxylic acids is 1. The van der Waals surface area contributed by atoms with Crippen LogP contribution in [0.1, 0.15) is 31.4 Å². The number of benzene rings is 1. The lowest BCUT2D eigenvalue weighted by Gasteiger charge is -2.25. The van der Waals surface area contributed by atoms with Gasteiger partial charge < -0.3 is 5.32 Å². The van der Waals surface area contributed by atoms with Crippen molar-refractivity contribution in [1.29, 1.82) is 0 Å². The van der Waals surface area contributed by atoms with Crippen LogP contribution in [0, 0.1) is 0 Å². The number of likely N-dealkylation sites (tertiary alicyclic amines) is 1. The average Bonchev–Trinajstić information content (AvgIpc) is 3.31. The van der Waals surface area contributed by atoms with Crippen LogP contribution >= 0.6 is 0 Å². The van der Waals surface area contributed by atoms with Crippen LogP contribution in [0.25, 0.3) is 0 Å². The first-order chi connectivity index (χ1) is 11.7. The molecule has 2 aromatic rings. The van der Waals surface area contributed by atoms with Crippen LogP contribution in [-0.2, 0) is 11.2 Å². The molecule has 1 aromatic heterocycles. The molecule has 3 rings (SSSR count). The van der Waals surface area contributed by atoms with Crippen molar-refractivity contribution in [2.45, 2.75) is 38.3 Å². The molecule has 2 heterocycles. The molecule has 1 N–H and O–H groups in total. The molecule has 2 atom stereocenters. The fourth-order valence-electron chi connectivity index (χ4n) is 3.13. The lowest BCUT2D eigenvalue weighted by Crippen LogP contribution is -2.43. The number of nitrogens with zero attached hydrogens (tertiary/aromatic N) is 5. The molecule has 0 unspecified atom stereocenters. The highest BCUT2D eigenvalue weighted by Gasteiger charge is 2.24. The number of rotatable bonds is 7. The zero-order valence-corrected chi connectivity index (χ0v) is 14.0. The van der Waals surface area contributed by atoms with Crippen LogP contribution in [0.3, 0.4) is 0 Å². The number of carbonyl (C=O) groups is 1. The summed E-state index contributed by atoms with van der Waals surface area (Å²) < 4.78 is 1.53. The number of aromatic nitrogens is 4. The summed E-state index contributed by atoms with van der Waals surface area (Å²) in [4.78, 5) is 15.1. The van der Waals surface area contributed by atoms with Crippen molar-refractivity contribution in [2.75, 3.05) is 19.6 Å². The van der Waals surface area contributed by atoms with Gasteiger partial charge in [-0.15, -0.1) is 5.10 Å². The van der Waals surface area contributed by atoms with Gasteiger partial charge in [0.05, 0.1) is 0 Å². The van der Waals surface area contributed by atoms with E-state index < -0.39 is 6.04 Å². The molecule has 1 aromatic carbocycles.